The molecule has 0 aliphatic heterocycles. The first kappa shape index (κ1) is 25.3. The summed E-state index contributed by atoms with van der Waals surface area (Å²) in [7, 11) is -6.00. The van der Waals surface area contributed by atoms with Gasteiger partial charge in [0, 0.05) is 35.0 Å². The summed E-state index contributed by atoms with van der Waals surface area (Å²) >= 11 is 10.6. The fraction of sp³-hybridized carbons (Fsp3) is 0.100. The van der Waals surface area contributed by atoms with Crippen LogP contribution in [0.3, 0.4) is 0 Å². The van der Waals surface area contributed by atoms with Gasteiger partial charge in [-0.05, 0) is 24.3 Å². The van der Waals surface area contributed by atoms with E-state index in [0.717, 1.165) is 24.4 Å². The van der Waals surface area contributed by atoms with E-state index in [0.29, 0.717) is 10.8 Å². The molecule has 0 saturated carbocycles. The van der Waals surface area contributed by atoms with E-state index < -0.39 is 48.3 Å². The minimum atomic E-state index is -4.85. The largest absolute Gasteiger partial charge is 0.421 e. The summed E-state index contributed by atoms with van der Waals surface area (Å²) in [6.45, 7) is 0. The zero-order valence-electron chi connectivity index (χ0n) is 16.6. The summed E-state index contributed by atoms with van der Waals surface area (Å²) in [5.74, 6) is -0.726. The maximum atomic E-state index is 13.2. The summed E-state index contributed by atoms with van der Waals surface area (Å²) in [5, 5.41) is -0.553. The molecule has 3 aromatic rings. The Morgan fingerprint density at radius 1 is 1.15 bits per heavy atom. The normalized spacial score (nSPS) is 13.0. The van der Waals surface area contributed by atoms with Crippen molar-refractivity contribution < 1.29 is 46.9 Å². The van der Waals surface area contributed by atoms with Crippen LogP contribution in [0.15, 0.2) is 64.5 Å². The van der Waals surface area contributed by atoms with Crippen LogP contribution in [-0.4, -0.2) is 29.6 Å². The number of benzene rings is 2. The number of alkyl halides is 3. The maximum absolute atomic E-state index is 13.2. The Hall–Kier alpha value is -2.31. The molecule has 33 heavy (non-hydrogen) atoms. The van der Waals surface area contributed by atoms with E-state index in [-0.39, 0.29) is 26.9 Å². The summed E-state index contributed by atoms with van der Waals surface area (Å²) in [4.78, 5) is 16.6. The molecule has 0 aliphatic rings. The highest BCUT2D eigenvalue weighted by Gasteiger charge is 2.38. The van der Waals surface area contributed by atoms with Crippen LogP contribution in [0.5, 0.6) is 0 Å². The molecule has 3 rings (SSSR count). The predicted molar refractivity (Wildman–Crippen MR) is 112 cm³/mol. The van der Waals surface area contributed by atoms with Crippen LogP contribution in [-0.2, 0) is 27.0 Å². The van der Waals surface area contributed by atoms with Crippen molar-refractivity contribution in [2.75, 3.05) is 6.26 Å². The Bertz CT molecular complexity index is 1380. The highest BCUT2D eigenvalue weighted by atomic mass is 35.5. The molecule has 0 spiro atoms. The van der Waals surface area contributed by atoms with E-state index in [9.17, 15) is 30.6 Å². The average molecular weight is 539 g/mol. The number of nitrogens with zero attached hydrogens (tertiary/aromatic N) is 1. The van der Waals surface area contributed by atoms with Crippen LogP contribution < -0.4 is 4.72 Å². The van der Waals surface area contributed by atoms with Crippen molar-refractivity contribution in [3.8, 4) is 0 Å². The molecule has 2 N–H and O–H groups in total. The number of carbonyl (C=O) groups is 1. The molecule has 1 atom stereocenters. The first-order chi connectivity index (χ1) is 15.3. The Morgan fingerprint density at radius 2 is 1.82 bits per heavy atom. The Labute approximate surface area is 199 Å². The van der Waals surface area contributed by atoms with Crippen LogP contribution >= 0.6 is 11.6 Å². The van der Waals surface area contributed by atoms with Gasteiger partial charge in [0.1, 0.15) is 10.5 Å². The summed E-state index contributed by atoms with van der Waals surface area (Å²) < 4.78 is 78.0. The molecule has 0 aliphatic carbocycles. The number of nitrogens with two attached hydrogens (primary N) is 1. The average Bonchev–Trinajstić information content (AvgIpc) is 2.72. The fourth-order valence-corrected chi connectivity index (χ4v) is 5.25. The molecular formula is C20H15Cl2F3N2O4S2+2. The lowest BCUT2D eigenvalue weighted by Crippen LogP contribution is -2.81. The zero-order chi connectivity index (χ0) is 24.6. The summed E-state index contributed by atoms with van der Waals surface area (Å²) in [6, 6.07) is 9.41. The smallest absolute Gasteiger partial charge is 0.287 e. The van der Waals surface area contributed by atoms with E-state index in [4.69, 9.17) is 11.6 Å². The van der Waals surface area contributed by atoms with Gasteiger partial charge in [-0.25, -0.2) is 9.71 Å². The van der Waals surface area contributed by atoms with E-state index in [2.05, 4.69) is 16.6 Å². The standard InChI is InChI=1S/C20H13Cl2F3N2O4S2/c1-32(29)17-5-3-2-4-13(17)19(28)18-16(8-11(21)10-26-18)27-33(30,31)12-6-7-15(22)14(9-12)20(23,24)25/h2-10,22H,1H3/p+2. The number of aromatic nitrogens is 1. The number of pyridine rings is 1. The first-order valence-corrected chi connectivity index (χ1v) is 12.8. The quantitative estimate of drug-likeness (QED) is 0.486. The number of halogens is 5. The molecule has 174 valence electrons. The lowest BCUT2D eigenvalue weighted by atomic mass is 10.1. The predicted octanol–water partition coefficient (Wildman–Crippen LogP) is 3.00. The molecule has 13 heteroatoms. The molecule has 6 nitrogen and oxygen atoms in total. The maximum Gasteiger partial charge on any atom is 0.421 e. The van der Waals surface area contributed by atoms with Gasteiger partial charge in [0.25, 0.3) is 0 Å². The molecule has 2 aromatic carbocycles. The number of rotatable bonds is 6. The summed E-state index contributed by atoms with van der Waals surface area (Å²) in [6.07, 6.45) is -2.35. The molecule has 1 unspecified atom stereocenters. The first-order valence-electron chi connectivity index (χ1n) is 8.92. The highest BCUT2D eigenvalue weighted by Crippen LogP contribution is 2.34. The number of hydrogen-bond donors (Lipinski definition) is 1. The number of carbonyl (C=O) groups excluding carboxylic acids is 1. The number of hydrogen-bond acceptors (Lipinski definition) is 5. The van der Waals surface area contributed by atoms with Gasteiger partial charge in [0.2, 0.25) is 10.8 Å². The SMILES string of the molecule is CS(=O)c1ccccc1C(=O)c1ncc(Cl)cc1[NH2+]S(=O)(=O)c1ccc([ClH+])c(C(F)(F)F)c1. The molecular weight excluding hydrogens is 524 g/mol. The zero-order valence-corrected chi connectivity index (χ0v) is 19.8. The van der Waals surface area contributed by atoms with E-state index >= 15 is 0 Å². The third-order valence-electron chi connectivity index (χ3n) is 4.41. The Morgan fingerprint density at radius 3 is 2.45 bits per heavy atom. The van der Waals surface area contributed by atoms with E-state index in [1.807, 2.05) is 0 Å². The van der Waals surface area contributed by atoms with Crippen molar-refractivity contribution in [3.05, 3.63) is 81.6 Å². The number of quaternary nitrogens is 1. The fourth-order valence-electron chi connectivity index (χ4n) is 2.91. The van der Waals surface area contributed by atoms with Gasteiger partial charge in [-0.1, -0.05) is 23.7 Å². The van der Waals surface area contributed by atoms with Crippen LogP contribution in [0.4, 0.5) is 18.9 Å². The topological polar surface area (TPSA) is 97.8 Å². The van der Waals surface area contributed by atoms with E-state index in [1.165, 1.54) is 24.5 Å². The van der Waals surface area contributed by atoms with E-state index in [1.54, 1.807) is 6.07 Å². The van der Waals surface area contributed by atoms with Crippen molar-refractivity contribution in [2.45, 2.75) is 16.0 Å². The number of sulfonamides is 1. The van der Waals surface area contributed by atoms with Crippen molar-refractivity contribution in [1.82, 2.24) is 4.98 Å². The highest BCUT2D eigenvalue weighted by molar-refractivity contribution is 7.85. The summed E-state index contributed by atoms with van der Waals surface area (Å²) in [5.41, 5.74) is -1.79. The van der Waals surface area contributed by atoms with Gasteiger partial charge in [0.05, 0.1) is 15.8 Å². The minimum absolute atomic E-state index is 0.00256. The molecule has 0 amide bonds. The Balaban J connectivity index is 2.08. The molecule has 1 heterocycles. The lowest BCUT2D eigenvalue weighted by Gasteiger charge is -2.10. The van der Waals surface area contributed by atoms with Crippen LogP contribution in [0, 0.1) is 11.6 Å². The van der Waals surface area contributed by atoms with Gasteiger partial charge < -0.3 is 0 Å². The molecule has 0 bridgehead atoms. The van der Waals surface area contributed by atoms with Crippen molar-refractivity contribution in [1.29, 1.82) is 0 Å². The van der Waals surface area contributed by atoms with Crippen molar-refractivity contribution in [3.63, 3.8) is 0 Å². The second kappa shape index (κ2) is 9.51. The van der Waals surface area contributed by atoms with Gasteiger partial charge >= 0.3 is 16.2 Å². The third kappa shape index (κ3) is 5.61. The third-order valence-corrected chi connectivity index (χ3v) is 7.42. The Kier molecular flexibility index (Phi) is 7.30. The van der Waals surface area contributed by atoms with Crippen LogP contribution in [0.25, 0.3) is 0 Å². The second-order valence-corrected chi connectivity index (χ2v) is 10.7. The van der Waals surface area contributed by atoms with Crippen LogP contribution in [0.2, 0.25) is 10.0 Å². The van der Waals surface area contributed by atoms with Gasteiger partial charge in [-0.15, -0.1) is 0 Å². The second-order valence-electron chi connectivity index (χ2n) is 6.69. The van der Waals surface area contributed by atoms with Crippen molar-refractivity contribution >= 4 is 43.9 Å². The minimum Gasteiger partial charge on any atom is -0.287 e. The van der Waals surface area contributed by atoms with Gasteiger partial charge in [0.15, 0.2) is 23.0 Å². The van der Waals surface area contributed by atoms with Gasteiger partial charge in [-0.3, -0.25) is 9.00 Å². The molecule has 1 aromatic heterocycles. The molecule has 0 fully saturated rings. The van der Waals surface area contributed by atoms with Crippen LogP contribution in [0.1, 0.15) is 21.6 Å². The monoisotopic (exact) mass is 538 g/mol. The van der Waals surface area contributed by atoms with Gasteiger partial charge in [-0.2, -0.15) is 21.6 Å². The lowest BCUT2D eigenvalue weighted by molar-refractivity contribution is -0.397. The number of primary sulfonamides is 1. The number of ketones is 1. The van der Waals surface area contributed by atoms with Crippen molar-refractivity contribution in [2.24, 2.45) is 0 Å². The molecule has 0 saturated heterocycles. The molecule has 0 radical (unpaired) electrons.